The third kappa shape index (κ3) is 2.14. The van der Waals surface area contributed by atoms with Crippen molar-refractivity contribution in [2.24, 2.45) is 0 Å². The highest BCUT2D eigenvalue weighted by Crippen LogP contribution is 2.36. The Hall–Kier alpha value is -1.03. The molecule has 4 heteroatoms. The first-order valence-electron chi connectivity index (χ1n) is 6.10. The van der Waals surface area contributed by atoms with Crippen molar-refractivity contribution < 1.29 is 14.6 Å². The summed E-state index contributed by atoms with van der Waals surface area (Å²) in [5, 5.41) is 21.9. The zero-order valence-corrected chi connectivity index (χ0v) is 11.2. The van der Waals surface area contributed by atoms with E-state index in [9.17, 15) is 10.2 Å². The van der Waals surface area contributed by atoms with E-state index >= 15 is 0 Å². The van der Waals surface area contributed by atoms with Crippen molar-refractivity contribution in [1.82, 2.24) is 0 Å². The number of para-hydroxylation sites is 1. The lowest BCUT2D eigenvalue weighted by atomic mass is 9.89. The lowest BCUT2D eigenvalue weighted by molar-refractivity contribution is -0.0899. The summed E-state index contributed by atoms with van der Waals surface area (Å²) in [5.74, 6) is 0.351. The molecule has 18 heavy (non-hydrogen) atoms. The number of aliphatic hydroxyl groups is 2. The molecule has 0 bridgehead atoms. The molecule has 0 saturated carbocycles. The molecule has 2 N–H and O–H groups in total. The van der Waals surface area contributed by atoms with E-state index in [1.165, 1.54) is 0 Å². The number of fused-ring (bicyclic) bond motifs is 1. The molecule has 3 nitrogen and oxygen atoms in total. The van der Waals surface area contributed by atoms with Crippen molar-refractivity contribution in [2.75, 3.05) is 0 Å². The van der Waals surface area contributed by atoms with E-state index in [1.54, 1.807) is 12.1 Å². The van der Waals surface area contributed by atoms with Crippen LogP contribution in [0.5, 0.6) is 0 Å². The van der Waals surface area contributed by atoms with Crippen molar-refractivity contribution in [2.45, 2.75) is 38.4 Å². The number of aliphatic hydroxyl groups excluding tert-OH is 1. The minimum absolute atomic E-state index is 0.351. The zero-order valence-electron chi connectivity index (χ0n) is 10.5. The van der Waals surface area contributed by atoms with E-state index < -0.39 is 11.7 Å². The highest BCUT2D eigenvalue weighted by molar-refractivity contribution is 6.34. The van der Waals surface area contributed by atoms with Gasteiger partial charge in [-0.3, -0.25) is 0 Å². The molecule has 0 saturated heterocycles. The number of hydrogen-bond donors (Lipinski definition) is 2. The molecule has 0 fully saturated rings. The molecule has 1 unspecified atom stereocenters. The predicted molar refractivity (Wildman–Crippen MR) is 71.7 cm³/mol. The maximum Gasteiger partial charge on any atom is 0.152 e. The normalized spacial score (nSPS) is 14.1. The van der Waals surface area contributed by atoms with E-state index in [-0.39, 0.29) is 0 Å². The quantitative estimate of drug-likeness (QED) is 0.890. The summed E-state index contributed by atoms with van der Waals surface area (Å²) in [6, 6.07) is 7.14. The second-order valence-electron chi connectivity index (χ2n) is 4.52. The van der Waals surface area contributed by atoms with Gasteiger partial charge in [-0.15, -0.1) is 0 Å². The average molecular weight is 269 g/mol. The van der Waals surface area contributed by atoms with E-state index in [2.05, 4.69) is 0 Å². The van der Waals surface area contributed by atoms with Crippen molar-refractivity contribution in [3.05, 3.63) is 35.0 Å². The van der Waals surface area contributed by atoms with Crippen LogP contribution >= 0.6 is 11.6 Å². The maximum absolute atomic E-state index is 10.3. The maximum atomic E-state index is 10.3. The fourth-order valence-electron chi connectivity index (χ4n) is 2.08. The molecule has 2 rings (SSSR count). The molecule has 1 atom stereocenters. The van der Waals surface area contributed by atoms with Gasteiger partial charge in [-0.05, 0) is 25.0 Å². The van der Waals surface area contributed by atoms with Crippen LogP contribution in [-0.4, -0.2) is 15.8 Å². The highest BCUT2D eigenvalue weighted by atomic mass is 35.5. The molecule has 0 aliphatic rings. The van der Waals surface area contributed by atoms with Gasteiger partial charge in [-0.25, -0.2) is 0 Å². The van der Waals surface area contributed by atoms with E-state index in [0.717, 1.165) is 5.39 Å². The molecule has 0 aliphatic heterocycles. The molecule has 1 aromatic carbocycles. The minimum atomic E-state index is -1.17. The van der Waals surface area contributed by atoms with Crippen LogP contribution in [0.3, 0.4) is 0 Å². The predicted octanol–water partition coefficient (Wildman–Crippen LogP) is 3.67. The number of benzene rings is 1. The molecule has 1 aromatic heterocycles. The summed E-state index contributed by atoms with van der Waals surface area (Å²) in [6.45, 7) is 3.67. The van der Waals surface area contributed by atoms with Gasteiger partial charge in [-0.2, -0.15) is 0 Å². The monoisotopic (exact) mass is 268 g/mol. The van der Waals surface area contributed by atoms with Crippen molar-refractivity contribution >= 4 is 22.6 Å². The van der Waals surface area contributed by atoms with Crippen LogP contribution in [0.4, 0.5) is 0 Å². The Bertz CT molecular complexity index is 543. The molecule has 98 valence electrons. The lowest BCUT2D eigenvalue weighted by Crippen LogP contribution is -2.34. The van der Waals surface area contributed by atoms with Crippen LogP contribution in [-0.2, 0) is 0 Å². The van der Waals surface area contributed by atoms with Gasteiger partial charge < -0.3 is 14.6 Å². The van der Waals surface area contributed by atoms with Gasteiger partial charge in [0.1, 0.15) is 11.9 Å². The van der Waals surface area contributed by atoms with E-state index in [1.807, 2.05) is 26.0 Å². The third-order valence-electron chi connectivity index (χ3n) is 3.52. The SMILES string of the molecule is CCC(O)(CC)C(O)c1cc2cccc(Cl)c2o1. The van der Waals surface area contributed by atoms with Crippen molar-refractivity contribution in [3.8, 4) is 0 Å². The Labute approximate surface area is 111 Å². The van der Waals surface area contributed by atoms with Gasteiger partial charge in [0.05, 0.1) is 10.6 Å². The van der Waals surface area contributed by atoms with Crippen molar-refractivity contribution in [1.29, 1.82) is 0 Å². The van der Waals surface area contributed by atoms with Crippen LogP contribution in [0, 0.1) is 0 Å². The smallest absolute Gasteiger partial charge is 0.152 e. The van der Waals surface area contributed by atoms with Crippen LogP contribution in [0.25, 0.3) is 11.0 Å². The van der Waals surface area contributed by atoms with Gasteiger partial charge in [0.2, 0.25) is 0 Å². The van der Waals surface area contributed by atoms with Crippen LogP contribution < -0.4 is 0 Å². The van der Waals surface area contributed by atoms with Gasteiger partial charge in [0, 0.05) is 5.39 Å². The fraction of sp³-hybridized carbons (Fsp3) is 0.429. The second kappa shape index (κ2) is 4.92. The zero-order chi connectivity index (χ0) is 13.3. The number of hydrogen-bond acceptors (Lipinski definition) is 3. The van der Waals surface area contributed by atoms with Crippen LogP contribution in [0.2, 0.25) is 5.02 Å². The lowest BCUT2D eigenvalue weighted by Gasteiger charge is -2.29. The largest absolute Gasteiger partial charge is 0.457 e. The Morgan fingerprint density at radius 3 is 2.56 bits per heavy atom. The minimum Gasteiger partial charge on any atom is -0.457 e. The second-order valence-corrected chi connectivity index (χ2v) is 4.93. The van der Waals surface area contributed by atoms with E-state index in [0.29, 0.717) is 29.2 Å². The summed E-state index contributed by atoms with van der Waals surface area (Å²) >= 11 is 6.02. The van der Waals surface area contributed by atoms with Crippen LogP contribution in [0.15, 0.2) is 28.7 Å². The number of halogens is 1. The first-order valence-corrected chi connectivity index (χ1v) is 6.48. The number of furan rings is 1. The molecule has 2 aromatic rings. The number of rotatable bonds is 4. The Kier molecular flexibility index (Phi) is 3.66. The van der Waals surface area contributed by atoms with Crippen LogP contribution in [0.1, 0.15) is 38.6 Å². The molecule has 0 radical (unpaired) electrons. The third-order valence-corrected chi connectivity index (χ3v) is 3.82. The summed E-state index contributed by atoms with van der Waals surface area (Å²) in [4.78, 5) is 0. The molecule has 1 heterocycles. The van der Waals surface area contributed by atoms with E-state index in [4.69, 9.17) is 16.0 Å². The van der Waals surface area contributed by atoms with Gasteiger partial charge in [0.15, 0.2) is 5.58 Å². The Balaban J connectivity index is 2.45. The molecule has 0 aliphatic carbocycles. The highest BCUT2D eigenvalue weighted by Gasteiger charge is 2.35. The first-order chi connectivity index (χ1) is 8.51. The summed E-state index contributed by atoms with van der Waals surface area (Å²) in [5.41, 5.74) is -0.622. The molecular formula is C14H17ClO3. The Morgan fingerprint density at radius 1 is 1.33 bits per heavy atom. The van der Waals surface area contributed by atoms with Gasteiger partial charge in [-0.1, -0.05) is 37.6 Å². The van der Waals surface area contributed by atoms with Gasteiger partial charge >= 0.3 is 0 Å². The average Bonchev–Trinajstić information content (AvgIpc) is 2.82. The summed E-state index contributed by atoms with van der Waals surface area (Å²) < 4.78 is 5.57. The van der Waals surface area contributed by atoms with Gasteiger partial charge in [0.25, 0.3) is 0 Å². The summed E-state index contributed by atoms with van der Waals surface area (Å²) in [7, 11) is 0. The summed E-state index contributed by atoms with van der Waals surface area (Å²) in [6.07, 6.45) is -0.138. The topological polar surface area (TPSA) is 53.6 Å². The molecular weight excluding hydrogens is 252 g/mol. The first kappa shape index (κ1) is 13.4. The Morgan fingerprint density at radius 2 is 2.00 bits per heavy atom. The van der Waals surface area contributed by atoms with Crippen molar-refractivity contribution in [3.63, 3.8) is 0 Å². The molecule has 0 amide bonds. The standard InChI is InChI=1S/C14H17ClO3/c1-3-14(17,4-2)13(16)11-8-9-6-5-7-10(15)12(9)18-11/h5-8,13,16-17H,3-4H2,1-2H3. The molecule has 0 spiro atoms. The fourth-order valence-corrected chi connectivity index (χ4v) is 2.30.